The topological polar surface area (TPSA) is 56.7 Å². The minimum Gasteiger partial charge on any atom is -0.356 e. The van der Waals surface area contributed by atoms with E-state index in [9.17, 15) is 4.79 Å². The van der Waals surface area contributed by atoms with Crippen LogP contribution in [0.2, 0.25) is 0 Å². The lowest BCUT2D eigenvalue weighted by atomic mass is 10.1. The number of hydrogen-bond acceptors (Lipinski definition) is 3. The van der Waals surface area contributed by atoms with Crippen LogP contribution in [-0.2, 0) is 11.3 Å². The number of aryl methyl sites for hydroxylation is 1. The molecule has 1 amide bonds. The normalized spacial score (nSPS) is 16.7. The van der Waals surface area contributed by atoms with E-state index in [1.807, 2.05) is 4.90 Å². The zero-order valence-corrected chi connectivity index (χ0v) is 15.2. The van der Waals surface area contributed by atoms with Crippen molar-refractivity contribution in [3.63, 3.8) is 0 Å². The van der Waals surface area contributed by atoms with Gasteiger partial charge >= 0.3 is 0 Å². The van der Waals surface area contributed by atoms with Gasteiger partial charge in [0.1, 0.15) is 0 Å². The van der Waals surface area contributed by atoms with Crippen molar-refractivity contribution in [3.05, 3.63) is 21.9 Å². The van der Waals surface area contributed by atoms with Crippen molar-refractivity contribution in [2.45, 2.75) is 52.1 Å². The Morgan fingerprint density at radius 2 is 2.30 bits per heavy atom. The van der Waals surface area contributed by atoms with E-state index in [0.29, 0.717) is 18.4 Å². The molecule has 1 saturated heterocycles. The fourth-order valence-corrected chi connectivity index (χ4v) is 3.81. The maximum absolute atomic E-state index is 11.9. The number of nitrogens with zero attached hydrogens (tertiary/aromatic N) is 2. The third kappa shape index (κ3) is 4.96. The van der Waals surface area contributed by atoms with Crippen molar-refractivity contribution in [3.8, 4) is 0 Å². The molecular formula is C17H28N4OS. The Balaban J connectivity index is 1.74. The summed E-state index contributed by atoms with van der Waals surface area (Å²) < 4.78 is 0. The molecule has 2 rings (SSSR count). The molecule has 0 aromatic carbocycles. The van der Waals surface area contributed by atoms with Gasteiger partial charge < -0.3 is 15.5 Å². The number of aliphatic imine (C=N–C) groups is 1. The molecule has 1 aromatic rings. The van der Waals surface area contributed by atoms with Crippen LogP contribution in [0, 0.1) is 6.92 Å². The van der Waals surface area contributed by atoms with Gasteiger partial charge in [-0.2, -0.15) is 0 Å². The highest BCUT2D eigenvalue weighted by Gasteiger charge is 2.26. The molecule has 6 heteroatoms. The Morgan fingerprint density at radius 1 is 1.48 bits per heavy atom. The highest BCUT2D eigenvalue weighted by atomic mass is 32.1. The molecule has 128 valence electrons. The second kappa shape index (κ2) is 8.91. The summed E-state index contributed by atoms with van der Waals surface area (Å²) in [5, 5.41) is 8.82. The van der Waals surface area contributed by atoms with Gasteiger partial charge in [-0.15, -0.1) is 11.3 Å². The van der Waals surface area contributed by atoms with Gasteiger partial charge in [-0.3, -0.25) is 9.79 Å². The maximum Gasteiger partial charge on any atom is 0.222 e. The summed E-state index contributed by atoms with van der Waals surface area (Å²) in [5.74, 6) is 1.13. The minimum atomic E-state index is 0.313. The number of carbonyl (C=O) groups is 1. The molecule has 1 fully saturated rings. The summed E-state index contributed by atoms with van der Waals surface area (Å²) >= 11 is 1.76. The second-order valence-electron chi connectivity index (χ2n) is 5.92. The fraction of sp³-hybridized carbons (Fsp3) is 0.647. The molecule has 23 heavy (non-hydrogen) atoms. The molecule has 1 unspecified atom stereocenters. The molecule has 2 heterocycles. The molecule has 0 aliphatic carbocycles. The predicted molar refractivity (Wildman–Crippen MR) is 96.9 cm³/mol. The Hall–Kier alpha value is -1.56. The average molecular weight is 337 g/mol. The fourth-order valence-electron chi connectivity index (χ4n) is 2.96. The molecule has 0 radical (unpaired) electrons. The Bertz CT molecular complexity index is 540. The van der Waals surface area contributed by atoms with Crippen molar-refractivity contribution < 1.29 is 4.79 Å². The van der Waals surface area contributed by atoms with Crippen LogP contribution >= 0.6 is 11.3 Å². The van der Waals surface area contributed by atoms with Gasteiger partial charge in [0.2, 0.25) is 5.91 Å². The van der Waals surface area contributed by atoms with Crippen molar-refractivity contribution in [2.75, 3.05) is 20.1 Å². The molecular weight excluding hydrogens is 308 g/mol. The molecule has 1 aromatic heterocycles. The third-order valence-corrected chi connectivity index (χ3v) is 5.42. The summed E-state index contributed by atoms with van der Waals surface area (Å²) in [4.78, 5) is 19.5. The van der Waals surface area contributed by atoms with Crippen molar-refractivity contribution in [2.24, 2.45) is 4.99 Å². The largest absolute Gasteiger partial charge is 0.356 e. The van der Waals surface area contributed by atoms with Crippen LogP contribution in [0.3, 0.4) is 0 Å². The van der Waals surface area contributed by atoms with E-state index >= 15 is 0 Å². The molecule has 2 N–H and O–H groups in total. The Morgan fingerprint density at radius 3 is 2.87 bits per heavy atom. The smallest absolute Gasteiger partial charge is 0.222 e. The summed E-state index contributed by atoms with van der Waals surface area (Å²) in [6.07, 6.45) is 3.69. The first-order valence-corrected chi connectivity index (χ1v) is 9.30. The Labute approximate surface area is 143 Å². The van der Waals surface area contributed by atoms with E-state index < -0.39 is 0 Å². The van der Waals surface area contributed by atoms with Gasteiger partial charge in [0.15, 0.2) is 5.96 Å². The lowest BCUT2D eigenvalue weighted by molar-refractivity contribution is -0.129. The van der Waals surface area contributed by atoms with Gasteiger partial charge in [-0.25, -0.2) is 0 Å². The van der Waals surface area contributed by atoms with Crippen LogP contribution in [-0.4, -0.2) is 42.9 Å². The SMILES string of the molecule is CCC(CCNC(=NC)NCc1sccc1C)N1CCCC1=O. The molecule has 1 aliphatic heterocycles. The molecule has 0 spiro atoms. The summed E-state index contributed by atoms with van der Waals surface area (Å²) in [7, 11) is 1.79. The van der Waals surface area contributed by atoms with Crippen molar-refractivity contribution >= 4 is 23.2 Å². The Kier molecular flexibility index (Phi) is 6.89. The monoisotopic (exact) mass is 336 g/mol. The van der Waals surface area contributed by atoms with E-state index in [-0.39, 0.29) is 0 Å². The van der Waals surface area contributed by atoms with Gasteiger partial charge in [0.05, 0.1) is 6.54 Å². The lowest BCUT2D eigenvalue weighted by Gasteiger charge is -2.27. The number of amides is 1. The summed E-state index contributed by atoms with van der Waals surface area (Å²) in [6, 6.07) is 2.48. The highest BCUT2D eigenvalue weighted by molar-refractivity contribution is 7.10. The standard InChI is InChI=1S/C17H28N4OS/c1-4-14(21-10-5-6-16(21)22)7-9-19-17(18-3)20-12-15-13(2)8-11-23-15/h8,11,14H,4-7,9-10,12H2,1-3H3,(H2,18,19,20). The maximum atomic E-state index is 11.9. The first-order valence-electron chi connectivity index (χ1n) is 8.42. The first-order chi connectivity index (χ1) is 11.2. The minimum absolute atomic E-state index is 0.313. The molecule has 1 aliphatic rings. The number of carbonyl (C=O) groups excluding carboxylic acids is 1. The highest BCUT2D eigenvalue weighted by Crippen LogP contribution is 2.17. The van der Waals surface area contributed by atoms with E-state index in [1.165, 1.54) is 10.4 Å². The molecule has 1 atom stereocenters. The summed E-state index contributed by atoms with van der Waals surface area (Å²) in [5.41, 5.74) is 1.32. The van der Waals surface area contributed by atoms with Crippen LogP contribution in [0.5, 0.6) is 0 Å². The average Bonchev–Trinajstić information content (AvgIpc) is 3.15. The van der Waals surface area contributed by atoms with Crippen molar-refractivity contribution in [1.29, 1.82) is 0 Å². The quantitative estimate of drug-likeness (QED) is 0.594. The number of rotatable bonds is 7. The third-order valence-electron chi connectivity index (χ3n) is 4.40. The predicted octanol–water partition coefficient (Wildman–Crippen LogP) is 2.51. The number of nitrogens with one attached hydrogen (secondary N) is 2. The van der Waals surface area contributed by atoms with Crippen LogP contribution in [0.15, 0.2) is 16.4 Å². The van der Waals surface area contributed by atoms with Crippen LogP contribution in [0.4, 0.5) is 0 Å². The zero-order valence-electron chi connectivity index (χ0n) is 14.4. The zero-order chi connectivity index (χ0) is 16.7. The van der Waals surface area contributed by atoms with Gasteiger partial charge in [-0.05, 0) is 43.2 Å². The van der Waals surface area contributed by atoms with E-state index in [0.717, 1.165) is 44.9 Å². The number of hydrogen-bond donors (Lipinski definition) is 2. The molecule has 0 bridgehead atoms. The van der Waals surface area contributed by atoms with E-state index in [1.54, 1.807) is 18.4 Å². The second-order valence-corrected chi connectivity index (χ2v) is 6.92. The van der Waals surface area contributed by atoms with Gasteiger partial charge in [0, 0.05) is 37.5 Å². The lowest BCUT2D eigenvalue weighted by Crippen LogP contribution is -2.41. The van der Waals surface area contributed by atoms with Crippen LogP contribution in [0.25, 0.3) is 0 Å². The first kappa shape index (κ1) is 17.8. The summed E-state index contributed by atoms with van der Waals surface area (Å²) in [6.45, 7) is 6.82. The molecule has 0 saturated carbocycles. The van der Waals surface area contributed by atoms with Crippen LogP contribution < -0.4 is 10.6 Å². The van der Waals surface area contributed by atoms with Gasteiger partial charge in [0.25, 0.3) is 0 Å². The van der Waals surface area contributed by atoms with E-state index in [2.05, 4.69) is 40.9 Å². The van der Waals surface area contributed by atoms with Crippen molar-refractivity contribution in [1.82, 2.24) is 15.5 Å². The number of thiophene rings is 1. The molecule has 5 nitrogen and oxygen atoms in total. The number of guanidine groups is 1. The van der Waals surface area contributed by atoms with Crippen LogP contribution in [0.1, 0.15) is 43.0 Å². The van der Waals surface area contributed by atoms with E-state index in [4.69, 9.17) is 0 Å². The van der Waals surface area contributed by atoms with Gasteiger partial charge in [-0.1, -0.05) is 6.92 Å². The number of likely N-dealkylation sites (tertiary alicyclic amines) is 1.